The summed E-state index contributed by atoms with van der Waals surface area (Å²) >= 11 is 3.44. The Kier molecular flexibility index (Phi) is 4.83. The molecule has 0 spiro atoms. The Labute approximate surface area is 127 Å². The van der Waals surface area contributed by atoms with Crippen molar-refractivity contribution in [1.82, 2.24) is 4.90 Å². The van der Waals surface area contributed by atoms with Gasteiger partial charge in [-0.15, -0.1) is 0 Å². The van der Waals surface area contributed by atoms with Crippen LogP contribution in [0.25, 0.3) is 0 Å². The second-order valence-corrected chi connectivity index (χ2v) is 6.59. The number of carboxylic acid groups (broad SMARTS) is 1. The Bertz CT molecular complexity index is 502. The standard InChI is InChI=1S/C15H20BrNO3/c1-15(20)5-2-7-17(8-6-15)10-12-4-3-11(14(18)19)9-13(12)16/h3-4,9,20H,2,5-8,10H2,1H3,(H,18,19). The van der Waals surface area contributed by atoms with Crippen LogP contribution >= 0.6 is 15.9 Å². The molecule has 1 fully saturated rings. The van der Waals surface area contributed by atoms with E-state index in [0.717, 1.165) is 48.9 Å². The van der Waals surface area contributed by atoms with Crippen molar-refractivity contribution in [2.75, 3.05) is 13.1 Å². The van der Waals surface area contributed by atoms with Gasteiger partial charge in [0.05, 0.1) is 11.2 Å². The summed E-state index contributed by atoms with van der Waals surface area (Å²) in [7, 11) is 0. The van der Waals surface area contributed by atoms with Crippen LogP contribution in [0.2, 0.25) is 0 Å². The molecule has 0 amide bonds. The number of hydrogen-bond acceptors (Lipinski definition) is 3. The maximum absolute atomic E-state index is 10.9. The fourth-order valence-electron chi connectivity index (χ4n) is 2.53. The lowest BCUT2D eigenvalue weighted by atomic mass is 9.98. The van der Waals surface area contributed by atoms with Gasteiger partial charge in [-0.2, -0.15) is 0 Å². The van der Waals surface area contributed by atoms with E-state index in [9.17, 15) is 9.90 Å². The molecule has 110 valence electrons. The van der Waals surface area contributed by atoms with Crippen molar-refractivity contribution >= 4 is 21.9 Å². The van der Waals surface area contributed by atoms with Crippen LogP contribution in [0.5, 0.6) is 0 Å². The smallest absolute Gasteiger partial charge is 0.335 e. The predicted molar refractivity (Wildman–Crippen MR) is 80.9 cm³/mol. The highest BCUT2D eigenvalue weighted by atomic mass is 79.9. The minimum atomic E-state index is -0.914. The third kappa shape index (κ3) is 4.04. The fourth-order valence-corrected chi connectivity index (χ4v) is 3.03. The van der Waals surface area contributed by atoms with E-state index < -0.39 is 11.6 Å². The molecule has 1 atom stereocenters. The van der Waals surface area contributed by atoms with E-state index in [1.54, 1.807) is 12.1 Å². The van der Waals surface area contributed by atoms with Crippen molar-refractivity contribution in [3.05, 3.63) is 33.8 Å². The van der Waals surface area contributed by atoms with Gasteiger partial charge in [0, 0.05) is 17.6 Å². The Morgan fingerprint density at radius 1 is 1.40 bits per heavy atom. The van der Waals surface area contributed by atoms with Crippen molar-refractivity contribution in [2.45, 2.75) is 38.3 Å². The molecule has 2 N–H and O–H groups in total. The van der Waals surface area contributed by atoms with Crippen molar-refractivity contribution in [1.29, 1.82) is 0 Å². The molecule has 1 aromatic carbocycles. The molecule has 0 saturated carbocycles. The molecular formula is C15H20BrNO3. The summed E-state index contributed by atoms with van der Waals surface area (Å²) in [6, 6.07) is 5.14. The largest absolute Gasteiger partial charge is 0.478 e. The van der Waals surface area contributed by atoms with Gasteiger partial charge < -0.3 is 10.2 Å². The van der Waals surface area contributed by atoms with Crippen LogP contribution in [0.4, 0.5) is 0 Å². The molecule has 1 saturated heterocycles. The summed E-state index contributed by atoms with van der Waals surface area (Å²) in [5, 5.41) is 19.0. The number of aliphatic hydroxyl groups is 1. The highest BCUT2D eigenvalue weighted by Crippen LogP contribution is 2.25. The zero-order valence-corrected chi connectivity index (χ0v) is 13.2. The number of aromatic carboxylic acids is 1. The van der Waals surface area contributed by atoms with Gasteiger partial charge in [0.1, 0.15) is 0 Å². The summed E-state index contributed by atoms with van der Waals surface area (Å²) in [5.74, 6) is -0.914. The molecular weight excluding hydrogens is 322 g/mol. The predicted octanol–water partition coefficient (Wildman–Crippen LogP) is 2.88. The summed E-state index contributed by atoms with van der Waals surface area (Å²) in [4.78, 5) is 13.2. The van der Waals surface area contributed by atoms with Crippen molar-refractivity contribution in [3.8, 4) is 0 Å². The van der Waals surface area contributed by atoms with Gasteiger partial charge in [0.15, 0.2) is 0 Å². The number of carbonyl (C=O) groups is 1. The summed E-state index contributed by atoms with van der Waals surface area (Å²) in [5.41, 5.74) is 0.815. The molecule has 0 radical (unpaired) electrons. The number of halogens is 1. The highest BCUT2D eigenvalue weighted by Gasteiger charge is 2.25. The van der Waals surface area contributed by atoms with E-state index in [4.69, 9.17) is 5.11 Å². The van der Waals surface area contributed by atoms with E-state index in [1.807, 2.05) is 13.0 Å². The molecule has 4 nitrogen and oxygen atoms in total. The first kappa shape index (κ1) is 15.5. The number of rotatable bonds is 3. The van der Waals surface area contributed by atoms with Gasteiger partial charge in [0.25, 0.3) is 0 Å². The number of likely N-dealkylation sites (tertiary alicyclic amines) is 1. The van der Waals surface area contributed by atoms with E-state index in [0.29, 0.717) is 5.56 Å². The molecule has 2 rings (SSSR count). The van der Waals surface area contributed by atoms with Crippen LogP contribution in [-0.2, 0) is 6.54 Å². The lowest BCUT2D eigenvalue weighted by molar-refractivity contribution is 0.0444. The Hall–Kier alpha value is -0.910. The summed E-state index contributed by atoms with van der Waals surface area (Å²) in [6.45, 7) is 4.49. The van der Waals surface area contributed by atoms with E-state index in [-0.39, 0.29) is 0 Å². The lowest BCUT2D eigenvalue weighted by Gasteiger charge is -2.22. The van der Waals surface area contributed by atoms with Gasteiger partial charge in [-0.05, 0) is 50.4 Å². The molecule has 1 unspecified atom stereocenters. The maximum Gasteiger partial charge on any atom is 0.335 e. The van der Waals surface area contributed by atoms with Crippen LogP contribution in [0, 0.1) is 0 Å². The first-order valence-corrected chi connectivity index (χ1v) is 7.63. The first-order valence-electron chi connectivity index (χ1n) is 6.84. The van der Waals surface area contributed by atoms with Crippen LogP contribution < -0.4 is 0 Å². The van der Waals surface area contributed by atoms with Crippen LogP contribution in [0.15, 0.2) is 22.7 Å². The topological polar surface area (TPSA) is 60.8 Å². The zero-order chi connectivity index (χ0) is 14.8. The van der Waals surface area contributed by atoms with E-state index in [1.165, 1.54) is 0 Å². The van der Waals surface area contributed by atoms with Crippen LogP contribution in [0.1, 0.15) is 42.1 Å². The van der Waals surface area contributed by atoms with Gasteiger partial charge >= 0.3 is 5.97 Å². The van der Waals surface area contributed by atoms with Crippen molar-refractivity contribution < 1.29 is 15.0 Å². The molecule has 5 heteroatoms. The van der Waals surface area contributed by atoms with Crippen LogP contribution in [0.3, 0.4) is 0 Å². The van der Waals surface area contributed by atoms with Gasteiger partial charge in [-0.25, -0.2) is 4.79 Å². The second kappa shape index (κ2) is 6.24. The average Bonchev–Trinajstić information content (AvgIpc) is 2.53. The maximum atomic E-state index is 10.9. The number of hydrogen-bond donors (Lipinski definition) is 2. The van der Waals surface area contributed by atoms with Crippen molar-refractivity contribution in [3.63, 3.8) is 0 Å². The Morgan fingerprint density at radius 3 is 2.80 bits per heavy atom. The third-order valence-corrected chi connectivity index (χ3v) is 4.59. The first-order chi connectivity index (χ1) is 9.37. The fraction of sp³-hybridized carbons (Fsp3) is 0.533. The molecule has 1 aliphatic rings. The molecule has 0 aliphatic carbocycles. The molecule has 0 bridgehead atoms. The zero-order valence-electron chi connectivity index (χ0n) is 11.6. The molecule has 1 heterocycles. The summed E-state index contributed by atoms with van der Waals surface area (Å²) < 4.78 is 0.827. The number of benzene rings is 1. The van der Waals surface area contributed by atoms with Crippen LogP contribution in [-0.4, -0.2) is 39.8 Å². The monoisotopic (exact) mass is 341 g/mol. The molecule has 0 aromatic heterocycles. The van der Waals surface area contributed by atoms with E-state index in [2.05, 4.69) is 20.8 Å². The molecule has 1 aromatic rings. The minimum Gasteiger partial charge on any atom is -0.478 e. The second-order valence-electron chi connectivity index (χ2n) is 5.74. The third-order valence-electron chi connectivity index (χ3n) is 3.85. The molecule has 20 heavy (non-hydrogen) atoms. The van der Waals surface area contributed by atoms with Crippen molar-refractivity contribution in [2.24, 2.45) is 0 Å². The average molecular weight is 342 g/mol. The lowest BCUT2D eigenvalue weighted by Crippen LogP contribution is -2.28. The number of nitrogens with zero attached hydrogens (tertiary/aromatic N) is 1. The normalized spacial score (nSPS) is 24.4. The van der Waals surface area contributed by atoms with Gasteiger partial charge in [-0.3, -0.25) is 4.90 Å². The molecule has 1 aliphatic heterocycles. The SMILES string of the molecule is CC1(O)CCCN(Cc2ccc(C(=O)O)cc2Br)CC1. The van der Waals surface area contributed by atoms with Gasteiger partial charge in [-0.1, -0.05) is 22.0 Å². The summed E-state index contributed by atoms with van der Waals surface area (Å²) in [6.07, 6.45) is 2.60. The number of carboxylic acids is 1. The Morgan fingerprint density at radius 2 is 2.15 bits per heavy atom. The highest BCUT2D eigenvalue weighted by molar-refractivity contribution is 9.10. The van der Waals surface area contributed by atoms with Gasteiger partial charge in [0.2, 0.25) is 0 Å². The minimum absolute atomic E-state index is 0.291. The Balaban J connectivity index is 2.05. The van der Waals surface area contributed by atoms with E-state index >= 15 is 0 Å². The quantitative estimate of drug-likeness (QED) is 0.887.